The van der Waals surface area contributed by atoms with Crippen molar-refractivity contribution >= 4 is 21.1 Å². The van der Waals surface area contributed by atoms with Crippen LogP contribution in [-0.2, 0) is 10.3 Å². The average molecular weight is 378 g/mol. The fourth-order valence-corrected chi connectivity index (χ4v) is 2.53. The first-order chi connectivity index (χ1) is 12.2. The van der Waals surface area contributed by atoms with Crippen molar-refractivity contribution in [1.29, 1.82) is 0 Å². The smallest absolute Gasteiger partial charge is 0.220 e. The fourth-order valence-electron chi connectivity index (χ4n) is 2.39. The van der Waals surface area contributed by atoms with Crippen LogP contribution in [0.2, 0.25) is 0 Å². The molecule has 2 rings (SSSR count). The zero-order chi connectivity index (χ0) is 19.7. The standard InChI is InChI=1S/C15H23N4OP.C4H8O/c1-10(2)9-13(20)17-15(7-8-15)12-5-3-11(4-6-12)14(16)18-19-21;1-4(2)3-5/h3-6,10,19H,7-9,21H2,1-2H3,(H2,16,18)(H,17,20);5H,1,3H2,2H3. The molecule has 0 aromatic heterocycles. The van der Waals surface area contributed by atoms with Crippen molar-refractivity contribution in [3.05, 3.63) is 47.5 Å². The Bertz CT molecular complexity index is 637. The van der Waals surface area contributed by atoms with Gasteiger partial charge in [-0.1, -0.05) is 50.3 Å². The minimum atomic E-state index is -0.171. The predicted molar refractivity (Wildman–Crippen MR) is 110 cm³/mol. The molecule has 1 aromatic carbocycles. The third-order valence-electron chi connectivity index (χ3n) is 3.91. The Morgan fingerprint density at radius 1 is 1.38 bits per heavy atom. The normalized spacial score (nSPS) is 14.9. The van der Waals surface area contributed by atoms with E-state index in [2.05, 4.69) is 45.4 Å². The quantitative estimate of drug-likeness (QED) is 0.192. The molecule has 0 radical (unpaired) electrons. The van der Waals surface area contributed by atoms with Crippen LogP contribution in [0.5, 0.6) is 0 Å². The summed E-state index contributed by atoms with van der Waals surface area (Å²) in [7, 11) is 2.28. The van der Waals surface area contributed by atoms with Gasteiger partial charge in [0.2, 0.25) is 5.91 Å². The molecule has 1 unspecified atom stereocenters. The number of aliphatic hydroxyl groups excluding tert-OH is 1. The van der Waals surface area contributed by atoms with Gasteiger partial charge in [-0.05, 0) is 40.6 Å². The fraction of sp³-hybridized carbons (Fsp3) is 0.474. The summed E-state index contributed by atoms with van der Waals surface area (Å²) in [5.74, 6) is 0.934. The largest absolute Gasteiger partial charge is 0.392 e. The third-order valence-corrected chi connectivity index (χ3v) is 4.04. The lowest BCUT2D eigenvalue weighted by Gasteiger charge is -2.19. The van der Waals surface area contributed by atoms with E-state index in [-0.39, 0.29) is 18.1 Å². The first-order valence-electron chi connectivity index (χ1n) is 8.70. The van der Waals surface area contributed by atoms with Crippen LogP contribution in [0.25, 0.3) is 0 Å². The molecule has 1 aliphatic carbocycles. The summed E-state index contributed by atoms with van der Waals surface area (Å²) < 4.78 is 0. The molecular formula is C19H31N4O2P. The number of nitrogens with one attached hydrogen (secondary N) is 2. The van der Waals surface area contributed by atoms with Crippen LogP contribution in [-0.4, -0.2) is 23.5 Å². The first-order valence-corrected chi connectivity index (χ1v) is 9.27. The molecule has 1 aromatic rings. The number of carbonyl (C=O) groups is 1. The predicted octanol–water partition coefficient (Wildman–Crippen LogP) is 2.39. The van der Waals surface area contributed by atoms with Crippen molar-refractivity contribution in [2.75, 3.05) is 6.61 Å². The van der Waals surface area contributed by atoms with Gasteiger partial charge < -0.3 is 16.2 Å². The second kappa shape index (κ2) is 10.3. The monoisotopic (exact) mass is 378 g/mol. The van der Waals surface area contributed by atoms with Gasteiger partial charge in [0, 0.05) is 12.0 Å². The summed E-state index contributed by atoms with van der Waals surface area (Å²) in [4.78, 5) is 12.0. The molecule has 0 heterocycles. The van der Waals surface area contributed by atoms with Crippen molar-refractivity contribution in [2.24, 2.45) is 16.8 Å². The number of carbonyl (C=O) groups excluding carboxylic acids is 1. The van der Waals surface area contributed by atoms with Crippen LogP contribution in [0.1, 0.15) is 51.2 Å². The van der Waals surface area contributed by atoms with Gasteiger partial charge in [-0.25, -0.2) is 0 Å². The Labute approximate surface area is 158 Å². The zero-order valence-electron chi connectivity index (χ0n) is 15.9. The topological polar surface area (TPSA) is 99.7 Å². The van der Waals surface area contributed by atoms with E-state index < -0.39 is 0 Å². The van der Waals surface area contributed by atoms with Gasteiger partial charge in [-0.3, -0.25) is 9.99 Å². The van der Waals surface area contributed by atoms with E-state index in [1.54, 1.807) is 6.92 Å². The molecule has 26 heavy (non-hydrogen) atoms. The molecule has 0 aliphatic heterocycles. The van der Waals surface area contributed by atoms with Gasteiger partial charge in [0.1, 0.15) is 0 Å². The number of hydrogen-bond donors (Lipinski definition) is 4. The average Bonchev–Trinajstić information content (AvgIpc) is 3.35. The van der Waals surface area contributed by atoms with Crippen LogP contribution in [0.15, 0.2) is 41.5 Å². The molecule has 0 saturated heterocycles. The lowest BCUT2D eigenvalue weighted by atomic mass is 10.0. The Kier molecular flexibility index (Phi) is 8.76. The molecule has 1 saturated carbocycles. The number of aliphatic hydroxyl groups is 1. The number of amidine groups is 1. The maximum atomic E-state index is 12.0. The highest BCUT2D eigenvalue weighted by atomic mass is 31.0. The number of hydrogen-bond acceptors (Lipinski definition) is 4. The van der Waals surface area contributed by atoms with Crippen LogP contribution in [0.4, 0.5) is 0 Å². The minimum absolute atomic E-state index is 0.111. The second-order valence-corrected chi connectivity index (χ2v) is 7.31. The molecule has 5 N–H and O–H groups in total. The summed E-state index contributed by atoms with van der Waals surface area (Å²) in [6, 6.07) is 7.90. The minimum Gasteiger partial charge on any atom is -0.392 e. The number of benzene rings is 1. The van der Waals surface area contributed by atoms with E-state index in [1.165, 1.54) is 0 Å². The number of hydrazone groups is 1. The highest BCUT2D eigenvalue weighted by Crippen LogP contribution is 2.45. The van der Waals surface area contributed by atoms with Gasteiger partial charge in [-0.15, -0.1) is 0 Å². The molecular weight excluding hydrogens is 347 g/mol. The van der Waals surface area contributed by atoms with Gasteiger partial charge in [0.05, 0.1) is 12.1 Å². The summed E-state index contributed by atoms with van der Waals surface area (Å²) in [6.45, 7) is 9.42. The van der Waals surface area contributed by atoms with E-state index in [4.69, 9.17) is 10.8 Å². The first kappa shape index (κ1) is 22.1. The summed E-state index contributed by atoms with van der Waals surface area (Å²) >= 11 is 0. The Hall–Kier alpha value is -1.91. The van der Waals surface area contributed by atoms with Crippen molar-refractivity contribution in [1.82, 2.24) is 10.5 Å². The summed E-state index contributed by atoms with van der Waals surface area (Å²) in [5.41, 5.74) is 8.45. The lowest BCUT2D eigenvalue weighted by Crippen LogP contribution is -2.35. The maximum absolute atomic E-state index is 12.0. The van der Waals surface area contributed by atoms with Crippen LogP contribution in [0.3, 0.4) is 0 Å². The van der Waals surface area contributed by atoms with Gasteiger partial charge in [0.15, 0.2) is 5.84 Å². The Balaban J connectivity index is 0.000000597. The molecule has 1 amide bonds. The van der Waals surface area contributed by atoms with E-state index >= 15 is 0 Å². The molecule has 1 aliphatic rings. The number of amides is 1. The molecule has 6 nitrogen and oxygen atoms in total. The number of nitrogens with two attached hydrogens (primary N) is 1. The second-order valence-electron chi connectivity index (χ2n) is 7.05. The van der Waals surface area contributed by atoms with Crippen LogP contribution >= 0.6 is 9.39 Å². The molecule has 0 spiro atoms. The van der Waals surface area contributed by atoms with Crippen LogP contribution in [0, 0.1) is 5.92 Å². The molecule has 1 atom stereocenters. The van der Waals surface area contributed by atoms with Gasteiger partial charge in [0.25, 0.3) is 0 Å². The van der Waals surface area contributed by atoms with Crippen molar-refractivity contribution in [3.63, 3.8) is 0 Å². The zero-order valence-corrected chi connectivity index (χ0v) is 17.0. The highest BCUT2D eigenvalue weighted by molar-refractivity contribution is 7.13. The molecule has 7 heteroatoms. The molecule has 0 bridgehead atoms. The molecule has 1 fully saturated rings. The summed E-state index contributed by atoms with van der Waals surface area (Å²) in [5, 5.41) is 17.7. The van der Waals surface area contributed by atoms with E-state index in [9.17, 15) is 4.79 Å². The lowest BCUT2D eigenvalue weighted by molar-refractivity contribution is -0.122. The van der Waals surface area contributed by atoms with E-state index in [1.807, 2.05) is 24.3 Å². The van der Waals surface area contributed by atoms with E-state index in [0.29, 0.717) is 18.2 Å². The maximum Gasteiger partial charge on any atom is 0.220 e. The van der Waals surface area contributed by atoms with Gasteiger partial charge in [-0.2, -0.15) is 5.10 Å². The Morgan fingerprint density at radius 3 is 2.31 bits per heavy atom. The number of nitrogens with zero attached hydrogens (tertiary/aromatic N) is 1. The van der Waals surface area contributed by atoms with E-state index in [0.717, 1.165) is 29.5 Å². The molecule has 144 valence electrons. The van der Waals surface area contributed by atoms with Crippen molar-refractivity contribution < 1.29 is 9.90 Å². The third kappa shape index (κ3) is 7.14. The SMILES string of the molecule is C=C(C)CO.CC(C)CC(=O)NC1(c2ccc(/C(N)=N/NP)cc2)CC1. The van der Waals surface area contributed by atoms with Gasteiger partial charge >= 0.3 is 0 Å². The summed E-state index contributed by atoms with van der Waals surface area (Å²) in [6.07, 6.45) is 2.55. The Morgan fingerprint density at radius 2 is 1.92 bits per heavy atom. The van der Waals surface area contributed by atoms with Crippen molar-refractivity contribution in [3.8, 4) is 0 Å². The highest BCUT2D eigenvalue weighted by Gasteiger charge is 2.45. The van der Waals surface area contributed by atoms with Crippen LogP contribution < -0.4 is 16.2 Å². The van der Waals surface area contributed by atoms with Crippen molar-refractivity contribution in [2.45, 2.75) is 45.6 Å². The number of rotatable bonds is 7.